The van der Waals surface area contributed by atoms with Crippen molar-refractivity contribution in [3.8, 4) is 22.9 Å². The van der Waals surface area contributed by atoms with Crippen molar-refractivity contribution in [2.24, 2.45) is 0 Å². The van der Waals surface area contributed by atoms with Crippen LogP contribution in [0.4, 0.5) is 0 Å². The van der Waals surface area contributed by atoms with E-state index in [1.807, 2.05) is 6.92 Å². The molecule has 0 saturated carbocycles. The van der Waals surface area contributed by atoms with Crippen LogP contribution in [0.15, 0.2) is 12.1 Å². The predicted molar refractivity (Wildman–Crippen MR) is 78.1 cm³/mol. The SMILES string of the molecule is COc1cc(-n2nc(C)c(C=O)c2C)cc(OC)c1OC. The Bertz CT molecular complexity index is 652. The fourth-order valence-electron chi connectivity index (χ4n) is 2.27. The topological polar surface area (TPSA) is 62.6 Å². The van der Waals surface area contributed by atoms with E-state index in [1.54, 1.807) is 45.1 Å². The molecule has 0 N–H and O–H groups in total. The molecule has 6 nitrogen and oxygen atoms in total. The standard InChI is InChI=1S/C15H18N2O4/c1-9-12(8-18)10(2)17(16-9)11-6-13(19-3)15(21-5)14(7-11)20-4/h6-8H,1-5H3. The van der Waals surface area contributed by atoms with Gasteiger partial charge in [-0.15, -0.1) is 0 Å². The molecule has 2 aromatic rings. The van der Waals surface area contributed by atoms with Crippen molar-refractivity contribution in [2.75, 3.05) is 21.3 Å². The molecular formula is C15H18N2O4. The molecule has 1 aromatic heterocycles. The van der Waals surface area contributed by atoms with Gasteiger partial charge in [0, 0.05) is 12.1 Å². The molecule has 0 radical (unpaired) electrons. The third-order valence-corrected chi connectivity index (χ3v) is 3.36. The summed E-state index contributed by atoms with van der Waals surface area (Å²) < 4.78 is 17.6. The van der Waals surface area contributed by atoms with E-state index in [0.717, 1.165) is 17.7 Å². The van der Waals surface area contributed by atoms with Crippen LogP contribution < -0.4 is 14.2 Å². The van der Waals surface area contributed by atoms with Gasteiger partial charge in [0.2, 0.25) is 5.75 Å². The average Bonchev–Trinajstić information content (AvgIpc) is 2.79. The summed E-state index contributed by atoms with van der Waals surface area (Å²) in [5, 5.41) is 4.39. The number of methoxy groups -OCH3 is 3. The van der Waals surface area contributed by atoms with Gasteiger partial charge in [-0.2, -0.15) is 5.10 Å². The molecular weight excluding hydrogens is 272 g/mol. The van der Waals surface area contributed by atoms with Crippen LogP contribution in [0.2, 0.25) is 0 Å². The number of carbonyl (C=O) groups is 1. The molecule has 0 saturated heterocycles. The van der Waals surface area contributed by atoms with Crippen LogP contribution in [0, 0.1) is 13.8 Å². The van der Waals surface area contributed by atoms with Crippen LogP contribution in [0.25, 0.3) is 5.69 Å². The predicted octanol–water partition coefficient (Wildman–Crippen LogP) is 2.33. The van der Waals surface area contributed by atoms with Crippen LogP contribution in [0.3, 0.4) is 0 Å². The molecule has 0 bridgehead atoms. The summed E-state index contributed by atoms with van der Waals surface area (Å²) in [6.07, 6.45) is 0.812. The first-order chi connectivity index (χ1) is 10.1. The third kappa shape index (κ3) is 2.44. The summed E-state index contributed by atoms with van der Waals surface area (Å²) in [4.78, 5) is 11.1. The maximum Gasteiger partial charge on any atom is 0.203 e. The molecule has 0 unspecified atom stereocenters. The Balaban J connectivity index is 2.67. The molecule has 0 amide bonds. The number of hydrogen-bond acceptors (Lipinski definition) is 5. The normalized spacial score (nSPS) is 10.3. The highest BCUT2D eigenvalue weighted by Crippen LogP contribution is 2.39. The number of aromatic nitrogens is 2. The van der Waals surface area contributed by atoms with Crippen LogP contribution in [-0.2, 0) is 0 Å². The second-order valence-corrected chi connectivity index (χ2v) is 4.50. The number of benzene rings is 1. The maximum absolute atomic E-state index is 11.1. The van der Waals surface area contributed by atoms with E-state index in [4.69, 9.17) is 14.2 Å². The van der Waals surface area contributed by atoms with Crippen LogP contribution in [0.1, 0.15) is 21.7 Å². The number of hydrogen-bond donors (Lipinski definition) is 0. The highest BCUT2D eigenvalue weighted by atomic mass is 16.5. The smallest absolute Gasteiger partial charge is 0.203 e. The summed E-state index contributed by atoms with van der Waals surface area (Å²) in [5.74, 6) is 1.58. The van der Waals surface area contributed by atoms with Crippen LogP contribution in [0.5, 0.6) is 17.2 Å². The second kappa shape index (κ2) is 5.87. The van der Waals surface area contributed by atoms with Gasteiger partial charge >= 0.3 is 0 Å². The van der Waals surface area contributed by atoms with Crippen molar-refractivity contribution >= 4 is 6.29 Å². The molecule has 2 rings (SSSR count). The third-order valence-electron chi connectivity index (χ3n) is 3.36. The van der Waals surface area contributed by atoms with E-state index in [2.05, 4.69) is 5.10 Å². The van der Waals surface area contributed by atoms with Crippen molar-refractivity contribution in [2.45, 2.75) is 13.8 Å². The minimum atomic E-state index is 0.515. The Labute approximate surface area is 123 Å². The molecule has 6 heteroatoms. The van der Waals surface area contributed by atoms with Gasteiger partial charge in [-0.05, 0) is 13.8 Å². The van der Waals surface area contributed by atoms with Crippen molar-refractivity contribution in [3.05, 3.63) is 29.1 Å². The Morgan fingerprint density at radius 1 is 1.05 bits per heavy atom. The van der Waals surface area contributed by atoms with E-state index in [9.17, 15) is 4.79 Å². The molecule has 0 spiro atoms. The summed E-state index contributed by atoms with van der Waals surface area (Å²) in [7, 11) is 4.66. The number of carbonyl (C=O) groups excluding carboxylic acids is 1. The minimum Gasteiger partial charge on any atom is -0.493 e. The monoisotopic (exact) mass is 290 g/mol. The van der Waals surface area contributed by atoms with E-state index >= 15 is 0 Å². The molecule has 0 aliphatic carbocycles. The summed E-state index contributed by atoms with van der Waals surface area (Å²) in [5.41, 5.74) is 2.76. The van der Waals surface area contributed by atoms with Gasteiger partial charge in [0.15, 0.2) is 17.8 Å². The van der Waals surface area contributed by atoms with Crippen molar-refractivity contribution < 1.29 is 19.0 Å². The summed E-state index contributed by atoms with van der Waals surface area (Å²) >= 11 is 0. The highest BCUT2D eigenvalue weighted by molar-refractivity contribution is 5.78. The fraction of sp³-hybridized carbons (Fsp3) is 0.333. The van der Waals surface area contributed by atoms with Gasteiger partial charge in [0.25, 0.3) is 0 Å². The molecule has 0 fully saturated rings. The molecule has 0 atom stereocenters. The van der Waals surface area contributed by atoms with Gasteiger partial charge in [-0.25, -0.2) is 4.68 Å². The minimum absolute atomic E-state index is 0.515. The molecule has 112 valence electrons. The van der Waals surface area contributed by atoms with Crippen molar-refractivity contribution in [1.82, 2.24) is 9.78 Å². The lowest BCUT2D eigenvalue weighted by molar-refractivity contribution is 0.112. The lowest BCUT2D eigenvalue weighted by Gasteiger charge is -2.14. The Hall–Kier alpha value is -2.50. The lowest BCUT2D eigenvalue weighted by atomic mass is 10.2. The Kier molecular flexibility index (Phi) is 4.16. The highest BCUT2D eigenvalue weighted by Gasteiger charge is 2.17. The first-order valence-corrected chi connectivity index (χ1v) is 6.39. The quantitative estimate of drug-likeness (QED) is 0.791. The number of rotatable bonds is 5. The second-order valence-electron chi connectivity index (χ2n) is 4.50. The van der Waals surface area contributed by atoms with E-state index in [-0.39, 0.29) is 0 Å². The Morgan fingerprint density at radius 3 is 2.00 bits per heavy atom. The summed E-state index contributed by atoms with van der Waals surface area (Å²) in [6, 6.07) is 3.57. The maximum atomic E-state index is 11.1. The Morgan fingerprint density at radius 2 is 1.62 bits per heavy atom. The zero-order valence-electron chi connectivity index (χ0n) is 12.8. The fourth-order valence-corrected chi connectivity index (χ4v) is 2.27. The number of aryl methyl sites for hydroxylation is 1. The zero-order valence-corrected chi connectivity index (χ0v) is 12.8. The van der Waals surface area contributed by atoms with Gasteiger partial charge < -0.3 is 14.2 Å². The largest absolute Gasteiger partial charge is 0.493 e. The molecule has 0 aliphatic heterocycles. The van der Waals surface area contributed by atoms with Crippen LogP contribution >= 0.6 is 0 Å². The van der Waals surface area contributed by atoms with Crippen molar-refractivity contribution in [3.63, 3.8) is 0 Å². The zero-order chi connectivity index (χ0) is 15.6. The van der Waals surface area contributed by atoms with Gasteiger partial charge in [-0.3, -0.25) is 4.79 Å². The first kappa shape index (κ1) is 14.9. The first-order valence-electron chi connectivity index (χ1n) is 6.39. The number of ether oxygens (including phenoxy) is 3. The lowest BCUT2D eigenvalue weighted by Crippen LogP contribution is -2.03. The summed E-state index contributed by atoms with van der Waals surface area (Å²) in [6.45, 7) is 3.64. The van der Waals surface area contributed by atoms with E-state index in [1.165, 1.54) is 0 Å². The van der Waals surface area contributed by atoms with E-state index < -0.39 is 0 Å². The van der Waals surface area contributed by atoms with Gasteiger partial charge in [0.05, 0.1) is 44.0 Å². The number of nitrogens with zero attached hydrogens (tertiary/aromatic N) is 2. The number of aldehydes is 1. The van der Waals surface area contributed by atoms with E-state index in [0.29, 0.717) is 28.5 Å². The average molecular weight is 290 g/mol. The van der Waals surface area contributed by atoms with Gasteiger partial charge in [-0.1, -0.05) is 0 Å². The molecule has 1 aromatic carbocycles. The molecule has 0 aliphatic rings. The van der Waals surface area contributed by atoms with Crippen molar-refractivity contribution in [1.29, 1.82) is 0 Å². The van der Waals surface area contributed by atoms with Crippen LogP contribution in [-0.4, -0.2) is 37.4 Å². The van der Waals surface area contributed by atoms with Gasteiger partial charge in [0.1, 0.15) is 0 Å². The molecule has 21 heavy (non-hydrogen) atoms. The molecule has 1 heterocycles.